The number of aromatic nitrogens is 1. The molecule has 0 radical (unpaired) electrons. The van der Waals surface area contributed by atoms with Crippen LogP contribution in [0.4, 0.5) is 0 Å². The molecule has 1 aromatic carbocycles. The summed E-state index contributed by atoms with van der Waals surface area (Å²) in [6.07, 6.45) is 5.60. The van der Waals surface area contributed by atoms with Crippen LogP contribution in [0.1, 0.15) is 57.0 Å². The van der Waals surface area contributed by atoms with E-state index in [0.717, 1.165) is 44.4 Å². The number of fused-ring (bicyclic) bond motifs is 1. The van der Waals surface area contributed by atoms with Crippen molar-refractivity contribution >= 4 is 27.5 Å². The average molecular weight is 401 g/mol. The van der Waals surface area contributed by atoms with Gasteiger partial charge in [0, 0.05) is 25.2 Å². The summed E-state index contributed by atoms with van der Waals surface area (Å²) in [5.41, 5.74) is 1.08. The number of thiazole rings is 1. The highest BCUT2D eigenvalue weighted by Crippen LogP contribution is 2.35. The maximum Gasteiger partial charge on any atom is 0.234 e. The molecule has 2 aromatic rings. The molecule has 4 rings (SSSR count). The van der Waals surface area contributed by atoms with E-state index in [4.69, 9.17) is 4.98 Å². The maximum atomic E-state index is 12.8. The number of para-hydroxylation sites is 1. The van der Waals surface area contributed by atoms with Crippen LogP contribution in [0.5, 0.6) is 0 Å². The average Bonchev–Trinajstić information content (AvgIpc) is 3.12. The van der Waals surface area contributed by atoms with Crippen LogP contribution in [0.15, 0.2) is 24.3 Å². The van der Waals surface area contributed by atoms with Crippen LogP contribution in [0, 0.1) is 0 Å². The zero-order chi connectivity index (χ0) is 19.5. The van der Waals surface area contributed by atoms with Gasteiger partial charge in [0.15, 0.2) is 0 Å². The Balaban J connectivity index is 1.36. The van der Waals surface area contributed by atoms with Crippen molar-refractivity contribution in [3.63, 3.8) is 0 Å². The Bertz CT molecular complexity index is 764. The fourth-order valence-electron chi connectivity index (χ4n) is 4.51. The summed E-state index contributed by atoms with van der Waals surface area (Å²) >= 11 is 1.78. The van der Waals surface area contributed by atoms with E-state index in [1.807, 2.05) is 6.07 Å². The molecular formula is C22H32N4OS. The number of likely N-dealkylation sites (tertiary alicyclic amines) is 2. The van der Waals surface area contributed by atoms with Gasteiger partial charge in [0.1, 0.15) is 5.01 Å². The number of amides is 1. The second-order valence-electron chi connectivity index (χ2n) is 8.47. The summed E-state index contributed by atoms with van der Waals surface area (Å²) in [5, 5.41) is 4.47. The van der Waals surface area contributed by atoms with Gasteiger partial charge < -0.3 is 10.2 Å². The molecule has 1 unspecified atom stereocenters. The minimum Gasteiger partial charge on any atom is -0.352 e. The summed E-state index contributed by atoms with van der Waals surface area (Å²) in [6.45, 7) is 8.14. The first kappa shape index (κ1) is 19.8. The number of carbonyl (C=O) groups is 1. The van der Waals surface area contributed by atoms with Crippen molar-refractivity contribution in [1.29, 1.82) is 0 Å². The van der Waals surface area contributed by atoms with Crippen LogP contribution >= 0.6 is 11.3 Å². The molecule has 2 saturated heterocycles. The topological polar surface area (TPSA) is 48.5 Å². The summed E-state index contributed by atoms with van der Waals surface area (Å²) in [5.74, 6) is 0.177. The lowest BCUT2D eigenvalue weighted by atomic mass is 10.0. The van der Waals surface area contributed by atoms with Crippen LogP contribution in [0.2, 0.25) is 0 Å². The predicted octanol–water partition coefficient (Wildman–Crippen LogP) is 3.81. The molecule has 6 heteroatoms. The summed E-state index contributed by atoms with van der Waals surface area (Å²) < 4.78 is 1.24. The molecule has 152 valence electrons. The van der Waals surface area contributed by atoms with E-state index in [2.05, 4.69) is 47.2 Å². The van der Waals surface area contributed by atoms with Gasteiger partial charge in [0.05, 0.1) is 22.8 Å². The zero-order valence-corrected chi connectivity index (χ0v) is 17.9. The smallest absolute Gasteiger partial charge is 0.234 e. The first-order valence-electron chi connectivity index (χ1n) is 10.7. The van der Waals surface area contributed by atoms with E-state index in [9.17, 15) is 4.79 Å². The van der Waals surface area contributed by atoms with E-state index < -0.39 is 0 Å². The molecule has 3 heterocycles. The fraction of sp³-hybridized carbons (Fsp3) is 0.636. The van der Waals surface area contributed by atoms with Crippen LogP contribution < -0.4 is 5.32 Å². The van der Waals surface area contributed by atoms with Crippen molar-refractivity contribution in [3.8, 4) is 0 Å². The van der Waals surface area contributed by atoms with Crippen LogP contribution in [-0.4, -0.2) is 59.0 Å². The third-order valence-electron chi connectivity index (χ3n) is 6.18. The van der Waals surface area contributed by atoms with E-state index >= 15 is 0 Å². The van der Waals surface area contributed by atoms with Crippen molar-refractivity contribution < 1.29 is 4.79 Å². The number of nitrogens with zero attached hydrogens (tertiary/aromatic N) is 3. The standard InChI is InChI=1S/C22H32N4OS/c1-16(2)25-13-10-17(11-14-25)23-21(27)15-26-12-6-5-8-19(26)22-24-18-7-3-4-9-20(18)28-22/h3-4,7,9,16-17,19H,5-6,8,10-15H2,1-2H3,(H,23,27). The van der Waals surface area contributed by atoms with E-state index in [0.29, 0.717) is 18.6 Å². The third kappa shape index (κ3) is 4.56. The normalized spacial score (nSPS) is 22.8. The molecular weight excluding hydrogens is 368 g/mol. The van der Waals surface area contributed by atoms with Crippen molar-refractivity contribution in [2.75, 3.05) is 26.2 Å². The Labute approximate surface area is 172 Å². The van der Waals surface area contributed by atoms with Gasteiger partial charge in [0.25, 0.3) is 0 Å². The van der Waals surface area contributed by atoms with Crippen LogP contribution in [-0.2, 0) is 4.79 Å². The number of hydrogen-bond donors (Lipinski definition) is 1. The van der Waals surface area contributed by atoms with Gasteiger partial charge in [-0.25, -0.2) is 4.98 Å². The summed E-state index contributed by atoms with van der Waals surface area (Å²) in [7, 11) is 0. The largest absolute Gasteiger partial charge is 0.352 e. The molecule has 5 nitrogen and oxygen atoms in total. The van der Waals surface area contributed by atoms with Gasteiger partial charge in [-0.2, -0.15) is 0 Å². The summed E-state index contributed by atoms with van der Waals surface area (Å²) in [6, 6.07) is 9.54. The van der Waals surface area contributed by atoms with Gasteiger partial charge in [-0.1, -0.05) is 18.6 Å². The number of nitrogens with one attached hydrogen (secondary N) is 1. The third-order valence-corrected chi connectivity index (χ3v) is 7.32. The van der Waals surface area contributed by atoms with Gasteiger partial charge in [-0.05, 0) is 58.2 Å². The van der Waals surface area contributed by atoms with Crippen molar-refractivity contribution in [2.24, 2.45) is 0 Å². The molecule has 0 spiro atoms. The molecule has 1 aromatic heterocycles. The second kappa shape index (κ2) is 8.89. The Morgan fingerprint density at radius 3 is 2.71 bits per heavy atom. The molecule has 0 bridgehead atoms. The second-order valence-corrected chi connectivity index (χ2v) is 9.54. The number of benzene rings is 1. The van der Waals surface area contributed by atoms with E-state index in [1.165, 1.54) is 22.5 Å². The minimum absolute atomic E-state index is 0.177. The lowest BCUT2D eigenvalue weighted by Gasteiger charge is -2.36. The molecule has 0 saturated carbocycles. The van der Waals surface area contributed by atoms with Gasteiger partial charge in [0.2, 0.25) is 5.91 Å². The SMILES string of the molecule is CC(C)N1CCC(NC(=O)CN2CCCCC2c2nc3ccccc3s2)CC1. The van der Waals surface area contributed by atoms with Crippen molar-refractivity contribution in [1.82, 2.24) is 20.1 Å². The molecule has 28 heavy (non-hydrogen) atoms. The highest BCUT2D eigenvalue weighted by Gasteiger charge is 2.29. The van der Waals surface area contributed by atoms with Gasteiger partial charge >= 0.3 is 0 Å². The Kier molecular flexibility index (Phi) is 6.28. The van der Waals surface area contributed by atoms with Gasteiger partial charge in [-0.3, -0.25) is 9.69 Å². The number of rotatable bonds is 5. The number of hydrogen-bond acceptors (Lipinski definition) is 5. The minimum atomic E-state index is 0.177. The molecule has 2 fully saturated rings. The quantitative estimate of drug-likeness (QED) is 0.829. The van der Waals surface area contributed by atoms with E-state index in [1.54, 1.807) is 11.3 Å². The van der Waals surface area contributed by atoms with E-state index in [-0.39, 0.29) is 11.9 Å². The predicted molar refractivity (Wildman–Crippen MR) is 116 cm³/mol. The first-order valence-corrected chi connectivity index (χ1v) is 11.5. The lowest BCUT2D eigenvalue weighted by Crippen LogP contribution is -2.49. The molecule has 1 amide bonds. The van der Waals surface area contributed by atoms with Crippen LogP contribution in [0.3, 0.4) is 0 Å². The monoisotopic (exact) mass is 400 g/mol. The Morgan fingerprint density at radius 2 is 1.96 bits per heavy atom. The Morgan fingerprint density at radius 1 is 1.18 bits per heavy atom. The fourth-order valence-corrected chi connectivity index (χ4v) is 5.65. The number of carbonyl (C=O) groups excluding carboxylic acids is 1. The summed E-state index contributed by atoms with van der Waals surface area (Å²) in [4.78, 5) is 22.5. The molecule has 0 aliphatic carbocycles. The maximum absolute atomic E-state index is 12.8. The molecule has 2 aliphatic heterocycles. The van der Waals surface area contributed by atoms with Crippen LogP contribution in [0.25, 0.3) is 10.2 Å². The molecule has 1 atom stereocenters. The zero-order valence-electron chi connectivity index (χ0n) is 17.1. The van der Waals surface area contributed by atoms with Crippen molar-refractivity contribution in [3.05, 3.63) is 29.3 Å². The van der Waals surface area contributed by atoms with Crippen molar-refractivity contribution in [2.45, 2.75) is 64.1 Å². The highest BCUT2D eigenvalue weighted by atomic mass is 32.1. The number of piperidine rings is 2. The Hall–Kier alpha value is -1.50. The first-order chi connectivity index (χ1) is 13.6. The molecule has 2 aliphatic rings. The lowest BCUT2D eigenvalue weighted by molar-refractivity contribution is -0.124. The molecule has 1 N–H and O–H groups in total. The van der Waals surface area contributed by atoms with Gasteiger partial charge in [-0.15, -0.1) is 11.3 Å². The highest BCUT2D eigenvalue weighted by molar-refractivity contribution is 7.18.